The summed E-state index contributed by atoms with van der Waals surface area (Å²) in [5.41, 5.74) is 0.582. The van der Waals surface area contributed by atoms with Crippen molar-refractivity contribution in [3.8, 4) is 5.75 Å². The number of hydrogen-bond acceptors (Lipinski definition) is 5. The number of alkyl halides is 3. The minimum absolute atomic E-state index is 0.0348. The fraction of sp³-hybridized carbons (Fsp3) is 0.579. The number of rotatable bonds is 9. The average molecular weight is 402 g/mol. The number of ketones is 1. The molecule has 0 atom stereocenters. The van der Waals surface area contributed by atoms with Crippen molar-refractivity contribution in [2.45, 2.75) is 19.5 Å². The number of halogens is 3. The van der Waals surface area contributed by atoms with E-state index in [1.807, 2.05) is 0 Å². The quantitative estimate of drug-likeness (QED) is 0.469. The van der Waals surface area contributed by atoms with E-state index < -0.39 is 12.8 Å². The molecule has 28 heavy (non-hydrogen) atoms. The van der Waals surface area contributed by atoms with Crippen LogP contribution in [0.1, 0.15) is 23.7 Å². The van der Waals surface area contributed by atoms with Gasteiger partial charge in [0.05, 0.1) is 0 Å². The molecular weight excluding hydrogens is 377 g/mol. The van der Waals surface area contributed by atoms with Crippen LogP contribution in [0, 0.1) is 0 Å². The largest absolute Gasteiger partial charge is 0.484 e. The molecule has 6 nitrogen and oxygen atoms in total. The highest BCUT2D eigenvalue weighted by Gasteiger charge is 2.27. The summed E-state index contributed by atoms with van der Waals surface area (Å²) in [4.78, 5) is 27.3. The zero-order chi connectivity index (χ0) is 20.6. The van der Waals surface area contributed by atoms with Crippen molar-refractivity contribution in [2.75, 3.05) is 52.5 Å². The van der Waals surface area contributed by atoms with Gasteiger partial charge in [-0.3, -0.25) is 14.5 Å². The van der Waals surface area contributed by atoms with E-state index >= 15 is 0 Å². The number of benzene rings is 1. The maximum absolute atomic E-state index is 12.2. The zero-order valence-electron chi connectivity index (χ0n) is 15.8. The Hall–Kier alpha value is -2.13. The van der Waals surface area contributed by atoms with Crippen LogP contribution in [-0.4, -0.2) is 80.2 Å². The standard InChI is InChI=1S/C19H25F3N2O4/c1-15(25)16-3-5-17(6-4-16)28-13-18(26)24-10-8-23(9-11-24)7-2-12-27-14-19(20,21)22/h3-6H,2,7-14H2,1H3. The first-order valence-corrected chi connectivity index (χ1v) is 9.13. The summed E-state index contributed by atoms with van der Waals surface area (Å²) in [6.07, 6.45) is -3.77. The number of carbonyl (C=O) groups is 2. The summed E-state index contributed by atoms with van der Waals surface area (Å²) >= 11 is 0. The molecule has 1 aromatic rings. The maximum atomic E-state index is 12.2. The van der Waals surface area contributed by atoms with Gasteiger partial charge in [-0.1, -0.05) is 0 Å². The summed E-state index contributed by atoms with van der Waals surface area (Å²) in [7, 11) is 0. The predicted octanol–water partition coefficient (Wildman–Crippen LogP) is 2.38. The van der Waals surface area contributed by atoms with Crippen molar-refractivity contribution in [3.63, 3.8) is 0 Å². The van der Waals surface area contributed by atoms with Crippen LogP contribution >= 0.6 is 0 Å². The summed E-state index contributed by atoms with van der Waals surface area (Å²) in [6.45, 7) is 3.32. The van der Waals surface area contributed by atoms with Gasteiger partial charge in [0.15, 0.2) is 12.4 Å². The molecule has 0 N–H and O–H groups in total. The smallest absolute Gasteiger partial charge is 0.411 e. The lowest BCUT2D eigenvalue weighted by Gasteiger charge is -2.34. The lowest BCUT2D eigenvalue weighted by molar-refractivity contribution is -0.174. The highest BCUT2D eigenvalue weighted by atomic mass is 19.4. The van der Waals surface area contributed by atoms with E-state index in [0.717, 1.165) is 0 Å². The molecule has 0 radical (unpaired) electrons. The van der Waals surface area contributed by atoms with E-state index in [4.69, 9.17) is 4.74 Å². The summed E-state index contributed by atoms with van der Waals surface area (Å²) in [5.74, 6) is 0.368. The molecule has 1 heterocycles. The number of amides is 1. The number of nitrogens with zero attached hydrogens (tertiary/aromatic N) is 2. The SMILES string of the molecule is CC(=O)c1ccc(OCC(=O)N2CCN(CCCOCC(F)(F)F)CC2)cc1. The molecule has 0 bridgehead atoms. The number of piperazine rings is 1. The second kappa shape index (κ2) is 10.4. The van der Waals surface area contributed by atoms with Crippen molar-refractivity contribution >= 4 is 11.7 Å². The highest BCUT2D eigenvalue weighted by Crippen LogP contribution is 2.15. The van der Waals surface area contributed by atoms with Crippen LogP contribution < -0.4 is 4.74 Å². The first-order chi connectivity index (χ1) is 13.2. The molecule has 1 aliphatic heterocycles. The minimum Gasteiger partial charge on any atom is -0.484 e. The van der Waals surface area contributed by atoms with Gasteiger partial charge in [0, 0.05) is 44.9 Å². The first-order valence-electron chi connectivity index (χ1n) is 9.13. The maximum Gasteiger partial charge on any atom is 0.411 e. The molecule has 0 aliphatic carbocycles. The molecule has 156 valence electrons. The molecule has 2 rings (SSSR count). The monoisotopic (exact) mass is 402 g/mol. The van der Waals surface area contributed by atoms with Crippen LogP contribution in [0.3, 0.4) is 0 Å². The van der Waals surface area contributed by atoms with Crippen LogP contribution in [0.4, 0.5) is 13.2 Å². The number of hydrogen-bond donors (Lipinski definition) is 0. The number of carbonyl (C=O) groups excluding carboxylic acids is 2. The van der Waals surface area contributed by atoms with Gasteiger partial charge >= 0.3 is 6.18 Å². The van der Waals surface area contributed by atoms with Crippen LogP contribution in [0.2, 0.25) is 0 Å². The summed E-state index contributed by atoms with van der Waals surface area (Å²) in [5, 5.41) is 0. The van der Waals surface area contributed by atoms with Gasteiger partial charge in [-0.2, -0.15) is 13.2 Å². The lowest BCUT2D eigenvalue weighted by atomic mass is 10.1. The molecule has 1 aliphatic rings. The van der Waals surface area contributed by atoms with Crippen LogP contribution in [-0.2, 0) is 9.53 Å². The third-order valence-corrected chi connectivity index (χ3v) is 4.38. The van der Waals surface area contributed by atoms with Crippen molar-refractivity contribution in [1.82, 2.24) is 9.80 Å². The van der Waals surface area contributed by atoms with Crippen molar-refractivity contribution in [3.05, 3.63) is 29.8 Å². The third-order valence-electron chi connectivity index (χ3n) is 4.38. The van der Waals surface area contributed by atoms with Gasteiger partial charge in [-0.15, -0.1) is 0 Å². The van der Waals surface area contributed by atoms with E-state index in [-0.39, 0.29) is 24.9 Å². The number of Topliss-reactive ketones (excluding diaryl/α,β-unsaturated/α-hetero) is 1. The van der Waals surface area contributed by atoms with Gasteiger partial charge in [-0.25, -0.2) is 0 Å². The molecular formula is C19H25F3N2O4. The molecule has 0 spiro atoms. The average Bonchev–Trinajstić information content (AvgIpc) is 2.65. The topological polar surface area (TPSA) is 59.1 Å². The first kappa shape index (κ1) is 22.2. The minimum atomic E-state index is -4.29. The van der Waals surface area contributed by atoms with Gasteiger partial charge < -0.3 is 14.4 Å². The summed E-state index contributed by atoms with van der Waals surface area (Å²) < 4.78 is 46.0. The third kappa shape index (κ3) is 7.85. The van der Waals surface area contributed by atoms with Gasteiger partial charge in [0.1, 0.15) is 12.4 Å². The van der Waals surface area contributed by atoms with E-state index in [1.165, 1.54) is 6.92 Å². The van der Waals surface area contributed by atoms with Crippen molar-refractivity contribution in [2.24, 2.45) is 0 Å². The summed E-state index contributed by atoms with van der Waals surface area (Å²) in [6, 6.07) is 6.62. The second-order valence-electron chi connectivity index (χ2n) is 6.61. The van der Waals surface area contributed by atoms with Crippen LogP contribution in [0.5, 0.6) is 5.75 Å². The van der Waals surface area contributed by atoms with E-state index in [1.54, 1.807) is 29.2 Å². The molecule has 1 amide bonds. The lowest BCUT2D eigenvalue weighted by Crippen LogP contribution is -2.50. The van der Waals surface area contributed by atoms with E-state index in [9.17, 15) is 22.8 Å². The van der Waals surface area contributed by atoms with E-state index in [0.29, 0.717) is 50.5 Å². The second-order valence-corrected chi connectivity index (χ2v) is 6.61. The molecule has 0 aromatic heterocycles. The zero-order valence-corrected chi connectivity index (χ0v) is 15.8. The Morgan fingerprint density at radius 2 is 1.71 bits per heavy atom. The van der Waals surface area contributed by atoms with Crippen molar-refractivity contribution in [1.29, 1.82) is 0 Å². The Balaban J connectivity index is 1.61. The van der Waals surface area contributed by atoms with E-state index in [2.05, 4.69) is 9.64 Å². The Bertz CT molecular complexity index is 642. The number of ether oxygens (including phenoxy) is 2. The fourth-order valence-electron chi connectivity index (χ4n) is 2.82. The molecule has 0 unspecified atom stereocenters. The Kier molecular flexibility index (Phi) is 8.25. The van der Waals surface area contributed by atoms with Gasteiger partial charge in [0.2, 0.25) is 0 Å². The van der Waals surface area contributed by atoms with Crippen molar-refractivity contribution < 1.29 is 32.2 Å². The molecule has 1 aromatic carbocycles. The molecule has 1 fully saturated rings. The predicted molar refractivity (Wildman–Crippen MR) is 96.5 cm³/mol. The van der Waals surface area contributed by atoms with Crippen LogP contribution in [0.15, 0.2) is 24.3 Å². The molecule has 1 saturated heterocycles. The Morgan fingerprint density at radius 3 is 2.29 bits per heavy atom. The Morgan fingerprint density at radius 1 is 1.07 bits per heavy atom. The fourth-order valence-corrected chi connectivity index (χ4v) is 2.82. The van der Waals surface area contributed by atoms with Crippen LogP contribution in [0.25, 0.3) is 0 Å². The van der Waals surface area contributed by atoms with Gasteiger partial charge in [-0.05, 0) is 37.6 Å². The van der Waals surface area contributed by atoms with Gasteiger partial charge in [0.25, 0.3) is 5.91 Å². The molecule has 0 saturated carbocycles. The highest BCUT2D eigenvalue weighted by molar-refractivity contribution is 5.94. The Labute approximate surface area is 162 Å². The molecule has 9 heteroatoms. The normalized spacial score (nSPS) is 15.5.